The van der Waals surface area contributed by atoms with Gasteiger partial charge in [0.25, 0.3) is 5.56 Å². The Morgan fingerprint density at radius 3 is 2.86 bits per heavy atom. The molecule has 0 bridgehead atoms. The fraction of sp³-hybridized carbons (Fsp3) is 0.211. The van der Waals surface area contributed by atoms with Crippen molar-refractivity contribution in [2.24, 2.45) is 7.05 Å². The van der Waals surface area contributed by atoms with Crippen molar-refractivity contribution >= 4 is 34.5 Å². The van der Waals surface area contributed by atoms with Gasteiger partial charge < -0.3 is 5.32 Å². The molecule has 0 aliphatic rings. The molecule has 0 aliphatic heterocycles. The number of benzene rings is 1. The van der Waals surface area contributed by atoms with Crippen LogP contribution in [0.15, 0.2) is 47.4 Å². The third-order valence-corrected chi connectivity index (χ3v) is 5.24. The van der Waals surface area contributed by atoms with E-state index < -0.39 is 0 Å². The summed E-state index contributed by atoms with van der Waals surface area (Å²) in [6.45, 7) is 1.80. The van der Waals surface area contributed by atoms with Gasteiger partial charge in [-0.25, -0.2) is 0 Å². The van der Waals surface area contributed by atoms with Crippen LogP contribution in [-0.4, -0.2) is 41.2 Å². The summed E-state index contributed by atoms with van der Waals surface area (Å²) < 4.78 is 2.94. The van der Waals surface area contributed by atoms with Crippen LogP contribution in [0, 0.1) is 6.92 Å². The molecule has 0 spiro atoms. The summed E-state index contributed by atoms with van der Waals surface area (Å²) >= 11 is 1.52. The highest BCUT2D eigenvalue weighted by molar-refractivity contribution is 7.99. The van der Waals surface area contributed by atoms with Crippen LogP contribution in [0.1, 0.15) is 11.3 Å². The standard InChI is InChI=1S/C19H19N7O2S/c1-12-8-15(21-16(27)11-29-10-13-6-4-3-5-7-13)26(24-12)19-22-17-14(18(28)23-19)9-20-25(17)2/h3-9H,10-11H2,1-2H3,(H,21,27)(H,22,23,28). The van der Waals surface area contributed by atoms with Gasteiger partial charge in [0.15, 0.2) is 5.65 Å². The fourth-order valence-electron chi connectivity index (χ4n) is 2.89. The number of thioether (sulfide) groups is 1. The van der Waals surface area contributed by atoms with Gasteiger partial charge in [-0.3, -0.25) is 19.3 Å². The van der Waals surface area contributed by atoms with Crippen LogP contribution in [-0.2, 0) is 17.6 Å². The Morgan fingerprint density at radius 2 is 2.07 bits per heavy atom. The lowest BCUT2D eigenvalue weighted by Gasteiger charge is -2.08. The van der Waals surface area contributed by atoms with Gasteiger partial charge in [-0.05, 0) is 12.5 Å². The molecule has 1 amide bonds. The number of H-pyrrole nitrogens is 1. The summed E-state index contributed by atoms with van der Waals surface area (Å²) in [4.78, 5) is 31.9. The Hall–Kier alpha value is -3.40. The number of carbonyl (C=O) groups is 1. The van der Waals surface area contributed by atoms with E-state index in [1.165, 1.54) is 27.3 Å². The van der Waals surface area contributed by atoms with E-state index in [0.29, 0.717) is 28.3 Å². The highest BCUT2D eigenvalue weighted by Crippen LogP contribution is 2.17. The van der Waals surface area contributed by atoms with Crippen molar-refractivity contribution in [3.8, 4) is 5.95 Å². The van der Waals surface area contributed by atoms with Gasteiger partial charge in [-0.1, -0.05) is 30.3 Å². The molecular formula is C19H19N7O2S. The molecule has 0 saturated carbocycles. The number of amides is 1. The van der Waals surface area contributed by atoms with Crippen LogP contribution < -0.4 is 10.9 Å². The molecule has 0 radical (unpaired) electrons. The first-order valence-corrected chi connectivity index (χ1v) is 10.1. The Kier molecular flexibility index (Phi) is 5.17. The van der Waals surface area contributed by atoms with Gasteiger partial charge in [-0.2, -0.15) is 19.9 Å². The minimum atomic E-state index is -0.318. The molecular weight excluding hydrogens is 390 g/mol. The second-order valence-corrected chi connectivity index (χ2v) is 7.49. The average Bonchev–Trinajstić information content (AvgIpc) is 3.25. The molecule has 3 aromatic heterocycles. The van der Waals surface area contributed by atoms with E-state index in [1.807, 2.05) is 30.3 Å². The van der Waals surface area contributed by atoms with E-state index >= 15 is 0 Å². The molecule has 29 heavy (non-hydrogen) atoms. The lowest BCUT2D eigenvalue weighted by Crippen LogP contribution is -2.20. The van der Waals surface area contributed by atoms with Crippen molar-refractivity contribution in [2.45, 2.75) is 12.7 Å². The van der Waals surface area contributed by atoms with E-state index in [0.717, 1.165) is 11.3 Å². The van der Waals surface area contributed by atoms with Gasteiger partial charge >= 0.3 is 0 Å². The van der Waals surface area contributed by atoms with Crippen LogP contribution in [0.4, 0.5) is 5.82 Å². The summed E-state index contributed by atoms with van der Waals surface area (Å²) in [5.74, 6) is 1.54. The monoisotopic (exact) mass is 409 g/mol. The number of aromatic amines is 1. The topological polar surface area (TPSA) is 110 Å². The molecule has 10 heteroatoms. The molecule has 4 rings (SSSR count). The Balaban J connectivity index is 1.52. The number of nitrogens with zero attached hydrogens (tertiary/aromatic N) is 5. The van der Waals surface area contributed by atoms with Crippen molar-refractivity contribution in [1.29, 1.82) is 0 Å². The van der Waals surface area contributed by atoms with E-state index in [4.69, 9.17) is 0 Å². The predicted molar refractivity (Wildman–Crippen MR) is 112 cm³/mol. The lowest BCUT2D eigenvalue weighted by atomic mass is 10.2. The summed E-state index contributed by atoms with van der Waals surface area (Å²) in [6, 6.07) is 11.7. The molecule has 9 nitrogen and oxygen atoms in total. The second-order valence-electron chi connectivity index (χ2n) is 6.50. The average molecular weight is 409 g/mol. The summed E-state index contributed by atoms with van der Waals surface area (Å²) in [5.41, 5.74) is 1.97. The Morgan fingerprint density at radius 1 is 1.28 bits per heavy atom. The van der Waals surface area contributed by atoms with Gasteiger partial charge in [-0.15, -0.1) is 11.8 Å². The number of aryl methyl sites for hydroxylation is 2. The molecule has 2 N–H and O–H groups in total. The number of nitrogens with one attached hydrogen (secondary N) is 2. The lowest BCUT2D eigenvalue weighted by molar-refractivity contribution is -0.113. The van der Waals surface area contributed by atoms with E-state index in [-0.39, 0.29) is 17.4 Å². The summed E-state index contributed by atoms with van der Waals surface area (Å²) in [5, 5.41) is 11.7. The number of hydrogen-bond acceptors (Lipinski definition) is 6. The maximum atomic E-state index is 12.4. The van der Waals surface area contributed by atoms with E-state index in [2.05, 4.69) is 25.5 Å². The largest absolute Gasteiger partial charge is 0.310 e. The molecule has 148 valence electrons. The van der Waals surface area contributed by atoms with Gasteiger partial charge in [0.05, 0.1) is 17.6 Å². The fourth-order valence-corrected chi connectivity index (χ4v) is 3.67. The zero-order valence-electron chi connectivity index (χ0n) is 15.9. The number of rotatable bonds is 6. The number of anilines is 1. The zero-order valence-corrected chi connectivity index (χ0v) is 16.7. The molecule has 4 aromatic rings. The number of carbonyl (C=O) groups excluding carboxylic acids is 1. The summed E-state index contributed by atoms with van der Waals surface area (Å²) in [7, 11) is 1.71. The minimum Gasteiger partial charge on any atom is -0.310 e. The quantitative estimate of drug-likeness (QED) is 0.504. The smallest absolute Gasteiger partial charge is 0.263 e. The third-order valence-electron chi connectivity index (χ3n) is 4.23. The zero-order chi connectivity index (χ0) is 20.4. The summed E-state index contributed by atoms with van der Waals surface area (Å²) in [6.07, 6.45) is 1.46. The van der Waals surface area contributed by atoms with Gasteiger partial charge in [0, 0.05) is 18.9 Å². The predicted octanol–water partition coefficient (Wildman–Crippen LogP) is 2.02. The molecule has 0 saturated heterocycles. The molecule has 1 aromatic carbocycles. The SMILES string of the molecule is Cc1cc(NC(=O)CSCc2ccccc2)n(-c2nc3c(cnn3C)c(=O)[nH]2)n1. The Labute approximate surface area is 170 Å². The van der Waals surface area contributed by atoms with Crippen LogP contribution in [0.5, 0.6) is 0 Å². The molecule has 0 atom stereocenters. The van der Waals surface area contributed by atoms with Crippen LogP contribution in [0.3, 0.4) is 0 Å². The number of aromatic nitrogens is 6. The van der Waals surface area contributed by atoms with E-state index in [9.17, 15) is 9.59 Å². The second kappa shape index (κ2) is 7.92. The van der Waals surface area contributed by atoms with Gasteiger partial charge in [0.2, 0.25) is 11.9 Å². The molecule has 0 unspecified atom stereocenters. The maximum Gasteiger partial charge on any atom is 0.263 e. The molecule has 0 fully saturated rings. The van der Waals surface area contributed by atoms with Crippen molar-refractivity contribution in [1.82, 2.24) is 29.5 Å². The number of hydrogen-bond donors (Lipinski definition) is 2. The first-order chi connectivity index (χ1) is 14.0. The van der Waals surface area contributed by atoms with Crippen molar-refractivity contribution < 1.29 is 4.79 Å². The van der Waals surface area contributed by atoms with Crippen molar-refractivity contribution in [3.05, 3.63) is 64.2 Å². The highest BCUT2D eigenvalue weighted by atomic mass is 32.2. The highest BCUT2D eigenvalue weighted by Gasteiger charge is 2.15. The van der Waals surface area contributed by atoms with Crippen molar-refractivity contribution in [2.75, 3.05) is 11.1 Å². The normalized spacial score (nSPS) is 11.1. The van der Waals surface area contributed by atoms with Crippen molar-refractivity contribution in [3.63, 3.8) is 0 Å². The third kappa shape index (κ3) is 4.06. The van der Waals surface area contributed by atoms with E-state index in [1.54, 1.807) is 20.0 Å². The first-order valence-electron chi connectivity index (χ1n) is 8.92. The van der Waals surface area contributed by atoms with Crippen LogP contribution >= 0.6 is 11.8 Å². The maximum absolute atomic E-state index is 12.4. The molecule has 0 aliphatic carbocycles. The Bertz CT molecular complexity index is 1230. The molecule has 3 heterocycles. The number of fused-ring (bicyclic) bond motifs is 1. The minimum absolute atomic E-state index is 0.156. The first kappa shape index (κ1) is 18.9. The van der Waals surface area contributed by atoms with Crippen LogP contribution in [0.2, 0.25) is 0 Å². The van der Waals surface area contributed by atoms with Crippen LogP contribution in [0.25, 0.3) is 17.0 Å². The van der Waals surface area contributed by atoms with Gasteiger partial charge in [0.1, 0.15) is 11.2 Å².